The van der Waals surface area contributed by atoms with E-state index in [0.29, 0.717) is 38.2 Å². The summed E-state index contributed by atoms with van der Waals surface area (Å²) in [6, 6.07) is 6.22. The maximum absolute atomic E-state index is 14.4. The van der Waals surface area contributed by atoms with Crippen LogP contribution in [0.3, 0.4) is 0 Å². The predicted molar refractivity (Wildman–Crippen MR) is 244 cm³/mol. The number of aliphatic hydroxyl groups excluding tert-OH is 2. The van der Waals surface area contributed by atoms with E-state index < -0.39 is 88.3 Å². The number of aryl methyl sites for hydroxylation is 2. The standard InChI is InChI=1S/C47H75N7O12/c1-11-38-47(8,59)42(57)30(4)39(50-66-36-19-21-48-26-36)28(2)25-46(7,62-10)43(31(5)40(55)32(6)44(58)64-38)65-45-41(56)37(24-29(3)63-45)52(9)23-20-34-27-53(51-49-34)22-13-12-14-33-15-17-35(18-16-33)54(60)61/h15-18,27-32,36-38,41-43,45,48,56-57,59H,11-14,19-26H2,1-10H3/t28-,29-,30+,31+,32-,36-,37+,38-,41-,42-,43-,45+,46-,47-/m1/s1. The van der Waals surface area contributed by atoms with Crippen molar-refractivity contribution in [2.24, 2.45) is 28.8 Å². The first-order valence-corrected chi connectivity index (χ1v) is 23.7. The number of aliphatic hydroxyl groups is 3. The Hall–Kier alpha value is -3.95. The van der Waals surface area contributed by atoms with Crippen molar-refractivity contribution in [2.45, 2.75) is 173 Å². The number of hydrogen-bond acceptors (Lipinski definition) is 17. The van der Waals surface area contributed by atoms with Crippen molar-refractivity contribution in [1.82, 2.24) is 25.2 Å². The summed E-state index contributed by atoms with van der Waals surface area (Å²) in [7, 11) is 3.44. The highest BCUT2D eigenvalue weighted by Crippen LogP contribution is 2.39. The zero-order valence-corrected chi connectivity index (χ0v) is 40.5. The second-order valence-corrected chi connectivity index (χ2v) is 19.3. The molecule has 19 nitrogen and oxygen atoms in total. The van der Waals surface area contributed by atoms with Gasteiger partial charge in [0, 0.05) is 81.7 Å². The fourth-order valence-corrected chi connectivity index (χ4v) is 9.80. The van der Waals surface area contributed by atoms with Crippen LogP contribution in [0.1, 0.15) is 105 Å². The van der Waals surface area contributed by atoms with Gasteiger partial charge in [0.05, 0.1) is 40.2 Å². The van der Waals surface area contributed by atoms with Crippen molar-refractivity contribution in [3.63, 3.8) is 0 Å². The van der Waals surface area contributed by atoms with E-state index in [0.717, 1.165) is 43.5 Å². The molecule has 1 aromatic carbocycles. The Morgan fingerprint density at radius 3 is 2.42 bits per heavy atom. The summed E-state index contributed by atoms with van der Waals surface area (Å²) in [6.45, 7) is 16.3. The number of nitro benzene ring substituents is 1. The highest BCUT2D eigenvalue weighted by atomic mass is 16.7. The van der Waals surface area contributed by atoms with Gasteiger partial charge in [0.2, 0.25) is 0 Å². The number of ether oxygens (including phenoxy) is 4. The average Bonchev–Trinajstić information content (AvgIpc) is 4.00. The Labute approximate surface area is 389 Å². The van der Waals surface area contributed by atoms with Crippen LogP contribution in [-0.4, -0.2) is 152 Å². The van der Waals surface area contributed by atoms with Gasteiger partial charge in [-0.05, 0) is 85.4 Å². The van der Waals surface area contributed by atoms with E-state index in [9.17, 15) is 35.0 Å². The number of nitro groups is 1. The molecule has 0 radical (unpaired) electrons. The van der Waals surface area contributed by atoms with Crippen LogP contribution < -0.4 is 5.32 Å². The summed E-state index contributed by atoms with van der Waals surface area (Å²) in [5.74, 6) is -4.83. The van der Waals surface area contributed by atoms with Crippen molar-refractivity contribution in [1.29, 1.82) is 0 Å². The van der Waals surface area contributed by atoms with Gasteiger partial charge in [0.1, 0.15) is 29.8 Å². The van der Waals surface area contributed by atoms with Crippen molar-refractivity contribution < 1.29 is 53.6 Å². The third kappa shape index (κ3) is 13.0. The molecule has 0 amide bonds. The molecule has 5 rings (SSSR count). The van der Waals surface area contributed by atoms with Crippen LogP contribution >= 0.6 is 0 Å². The molecule has 1 aromatic heterocycles. The number of carbonyl (C=O) groups excluding carboxylic acids is 2. The number of rotatable bonds is 16. The quantitative estimate of drug-likeness (QED) is 0.0611. The first-order chi connectivity index (χ1) is 31.2. The molecule has 0 spiro atoms. The lowest BCUT2D eigenvalue weighted by Gasteiger charge is -2.47. The molecule has 0 unspecified atom stereocenters. The number of cyclic esters (lactones) is 1. The fraction of sp³-hybridized carbons (Fsp3) is 0.766. The summed E-state index contributed by atoms with van der Waals surface area (Å²) >= 11 is 0. The van der Waals surface area contributed by atoms with Crippen molar-refractivity contribution in [3.05, 3.63) is 51.8 Å². The van der Waals surface area contributed by atoms with Gasteiger partial charge in [0.25, 0.3) is 5.69 Å². The van der Waals surface area contributed by atoms with Crippen molar-refractivity contribution in [2.75, 3.05) is 33.8 Å². The lowest BCUT2D eigenvalue weighted by Crippen LogP contribution is -2.60. The van der Waals surface area contributed by atoms with E-state index in [-0.39, 0.29) is 30.7 Å². The van der Waals surface area contributed by atoms with E-state index in [1.54, 1.807) is 32.9 Å². The first kappa shape index (κ1) is 53.0. The highest BCUT2D eigenvalue weighted by molar-refractivity contribution is 6.00. The van der Waals surface area contributed by atoms with Gasteiger partial charge in [-0.15, -0.1) is 5.10 Å². The lowest BCUT2D eigenvalue weighted by molar-refractivity contribution is -0.384. The van der Waals surface area contributed by atoms with Crippen molar-refractivity contribution in [3.8, 4) is 0 Å². The number of nitrogens with zero attached hydrogens (tertiary/aromatic N) is 6. The van der Waals surface area contributed by atoms with E-state index in [4.69, 9.17) is 23.8 Å². The molecule has 3 aliphatic rings. The van der Waals surface area contributed by atoms with Crippen LogP contribution in [0.5, 0.6) is 0 Å². The normalized spacial score (nSPS) is 35.8. The minimum absolute atomic E-state index is 0.0773. The summed E-state index contributed by atoms with van der Waals surface area (Å²) < 4.78 is 27.1. The molecular formula is C47H75N7O12. The number of ketones is 1. The molecule has 2 aromatic rings. The molecule has 66 heavy (non-hydrogen) atoms. The zero-order valence-electron chi connectivity index (χ0n) is 40.5. The number of aromatic nitrogens is 3. The molecule has 0 aliphatic carbocycles. The molecular weight excluding hydrogens is 855 g/mol. The summed E-state index contributed by atoms with van der Waals surface area (Å²) in [5.41, 5.74) is -0.811. The van der Waals surface area contributed by atoms with E-state index in [1.165, 1.54) is 33.1 Å². The van der Waals surface area contributed by atoms with Gasteiger partial charge >= 0.3 is 5.97 Å². The minimum Gasteiger partial charge on any atom is -0.459 e. The minimum atomic E-state index is -1.91. The number of esters is 1. The molecule has 19 heteroatoms. The molecule has 0 saturated carbocycles. The number of hydrogen-bond donors (Lipinski definition) is 4. The Morgan fingerprint density at radius 1 is 1.08 bits per heavy atom. The molecule has 0 bridgehead atoms. The third-order valence-corrected chi connectivity index (χ3v) is 14.1. The Morgan fingerprint density at radius 2 is 1.79 bits per heavy atom. The van der Waals surface area contributed by atoms with Gasteiger partial charge < -0.3 is 49.3 Å². The lowest BCUT2D eigenvalue weighted by atomic mass is 9.74. The van der Waals surface area contributed by atoms with Crippen LogP contribution in [0.15, 0.2) is 35.6 Å². The van der Waals surface area contributed by atoms with E-state index in [2.05, 4.69) is 25.7 Å². The highest BCUT2D eigenvalue weighted by Gasteiger charge is 2.52. The first-order valence-electron chi connectivity index (χ1n) is 23.7. The number of nitrogens with one attached hydrogen (secondary N) is 1. The van der Waals surface area contributed by atoms with Crippen molar-refractivity contribution >= 4 is 23.2 Å². The van der Waals surface area contributed by atoms with Gasteiger partial charge in [-0.2, -0.15) is 0 Å². The number of methoxy groups -OCH3 is 1. The topological polar surface area (TPSA) is 242 Å². The maximum atomic E-state index is 14.4. The smallest absolute Gasteiger partial charge is 0.316 e. The number of Topliss-reactive ketones (excluding diaryl/α,β-unsaturated/α-hetero) is 1. The number of benzene rings is 1. The average molecular weight is 930 g/mol. The largest absolute Gasteiger partial charge is 0.459 e. The number of oxime groups is 1. The SMILES string of the molecule is CC[C@H]1OC(=O)[C@H](C)C(=O)[C@H](C)[C@@H](O[C@@H]2O[C@H](C)C[C@H](N(C)CCc3cn(CCCCc4ccc([N+](=O)[O-])cc4)nn3)[C@H]2O)[C@](C)(OC)C[C@@H](C)C(=NO[C@@H]2CCNC2)[C@H](C)[C@@H](O)[C@]1(C)O. The van der Waals surface area contributed by atoms with Gasteiger partial charge in [-0.1, -0.05) is 50.2 Å². The molecule has 3 fully saturated rings. The Bertz CT molecular complexity index is 1930. The summed E-state index contributed by atoms with van der Waals surface area (Å²) in [5, 5.41) is 63.2. The van der Waals surface area contributed by atoms with Crippen LogP contribution in [0.25, 0.3) is 0 Å². The predicted octanol–water partition coefficient (Wildman–Crippen LogP) is 4.02. The van der Waals surface area contributed by atoms with E-state index >= 15 is 0 Å². The number of unbranched alkanes of at least 4 members (excludes halogenated alkanes) is 1. The van der Waals surface area contributed by atoms with Crippen LogP contribution in [-0.2, 0) is 52.8 Å². The second kappa shape index (κ2) is 23.4. The monoisotopic (exact) mass is 930 g/mol. The van der Waals surface area contributed by atoms with Crippen LogP contribution in [0, 0.1) is 33.8 Å². The third-order valence-electron chi connectivity index (χ3n) is 14.1. The molecule has 4 heterocycles. The second-order valence-electron chi connectivity index (χ2n) is 19.3. The summed E-state index contributed by atoms with van der Waals surface area (Å²) in [6.07, 6.45) is 0.101. The maximum Gasteiger partial charge on any atom is 0.316 e. The van der Waals surface area contributed by atoms with Crippen LogP contribution in [0.4, 0.5) is 5.69 Å². The molecule has 4 N–H and O–H groups in total. The number of carbonyl (C=O) groups is 2. The molecule has 14 atom stereocenters. The summed E-state index contributed by atoms with van der Waals surface area (Å²) in [4.78, 5) is 46.8. The van der Waals surface area contributed by atoms with E-state index in [1.807, 2.05) is 38.7 Å². The zero-order chi connectivity index (χ0) is 48.5. The number of likely N-dealkylation sites (N-methyl/N-ethyl adjacent to an activating group) is 1. The van der Waals surface area contributed by atoms with Crippen LogP contribution in [0.2, 0.25) is 0 Å². The Kier molecular flexibility index (Phi) is 18.8. The van der Waals surface area contributed by atoms with Gasteiger partial charge in [-0.25, -0.2) is 0 Å². The number of non-ortho nitro benzene ring substituents is 1. The Balaban J connectivity index is 1.32. The van der Waals surface area contributed by atoms with Gasteiger partial charge in [-0.3, -0.25) is 24.4 Å². The molecule has 3 saturated heterocycles. The molecule has 3 aliphatic heterocycles. The molecule has 370 valence electrons. The van der Waals surface area contributed by atoms with Gasteiger partial charge in [0.15, 0.2) is 12.1 Å². The fourth-order valence-electron chi connectivity index (χ4n) is 9.80.